The first-order valence-corrected chi connectivity index (χ1v) is 7.59. The van der Waals surface area contributed by atoms with Crippen LogP contribution in [0.5, 0.6) is 5.88 Å². The summed E-state index contributed by atoms with van der Waals surface area (Å²) in [6, 6.07) is 10.4. The molecule has 0 saturated carbocycles. The van der Waals surface area contributed by atoms with E-state index in [1.54, 1.807) is 18.2 Å². The summed E-state index contributed by atoms with van der Waals surface area (Å²) < 4.78 is 19.3. The van der Waals surface area contributed by atoms with Crippen LogP contribution >= 0.6 is 11.6 Å². The van der Waals surface area contributed by atoms with E-state index in [0.29, 0.717) is 22.5 Å². The fourth-order valence-corrected chi connectivity index (χ4v) is 2.51. The van der Waals surface area contributed by atoms with Gasteiger partial charge in [0.25, 0.3) is 0 Å². The van der Waals surface area contributed by atoms with Crippen molar-refractivity contribution in [1.29, 1.82) is 0 Å². The minimum Gasteiger partial charge on any atom is -0.473 e. The van der Waals surface area contributed by atoms with Gasteiger partial charge in [-0.2, -0.15) is 4.98 Å². The molecule has 2 aromatic rings. The van der Waals surface area contributed by atoms with Crippen molar-refractivity contribution in [3.05, 3.63) is 52.8 Å². The standard InChI is InChI=1S/C16H17ClFN3O/c17-12-5-4-11(14(18)8-12)10-22-16-3-1-2-15(21-16)20-13-6-7-19-9-13/h1-5,8,13,19H,6-7,9-10H2,(H,20,21)/t13-/m1/s1. The van der Waals surface area contributed by atoms with Gasteiger partial charge in [-0.3, -0.25) is 0 Å². The van der Waals surface area contributed by atoms with Crippen molar-refractivity contribution < 1.29 is 9.13 Å². The summed E-state index contributed by atoms with van der Waals surface area (Å²) in [7, 11) is 0. The number of hydrogen-bond acceptors (Lipinski definition) is 4. The van der Waals surface area contributed by atoms with E-state index in [0.717, 1.165) is 25.3 Å². The molecule has 3 rings (SSSR count). The Labute approximate surface area is 133 Å². The highest BCUT2D eigenvalue weighted by atomic mass is 35.5. The molecule has 0 bridgehead atoms. The summed E-state index contributed by atoms with van der Waals surface area (Å²) in [5.41, 5.74) is 0.449. The zero-order valence-electron chi connectivity index (χ0n) is 12.0. The van der Waals surface area contributed by atoms with Crippen molar-refractivity contribution in [3.63, 3.8) is 0 Å². The number of rotatable bonds is 5. The second-order valence-electron chi connectivity index (χ2n) is 5.22. The van der Waals surface area contributed by atoms with Crippen LogP contribution in [0, 0.1) is 5.82 Å². The normalized spacial score (nSPS) is 17.5. The Hall–Kier alpha value is -1.85. The Morgan fingerprint density at radius 1 is 1.36 bits per heavy atom. The summed E-state index contributed by atoms with van der Waals surface area (Å²) in [5.74, 6) is 0.854. The molecule has 1 fully saturated rings. The number of ether oxygens (including phenoxy) is 1. The van der Waals surface area contributed by atoms with Crippen LogP contribution in [-0.2, 0) is 6.61 Å². The van der Waals surface area contributed by atoms with Gasteiger partial charge in [-0.05, 0) is 31.2 Å². The molecule has 22 heavy (non-hydrogen) atoms. The molecule has 4 nitrogen and oxygen atoms in total. The monoisotopic (exact) mass is 321 g/mol. The van der Waals surface area contributed by atoms with Crippen molar-refractivity contribution in [2.24, 2.45) is 0 Å². The van der Waals surface area contributed by atoms with E-state index in [4.69, 9.17) is 16.3 Å². The van der Waals surface area contributed by atoms with Crippen LogP contribution in [0.15, 0.2) is 36.4 Å². The summed E-state index contributed by atoms with van der Waals surface area (Å²) in [4.78, 5) is 4.39. The second kappa shape index (κ2) is 6.94. The summed E-state index contributed by atoms with van der Waals surface area (Å²) in [5, 5.41) is 7.01. The number of nitrogens with zero attached hydrogens (tertiary/aromatic N) is 1. The maximum absolute atomic E-state index is 13.7. The molecule has 6 heteroatoms. The quantitative estimate of drug-likeness (QED) is 0.887. The van der Waals surface area contributed by atoms with Gasteiger partial charge in [-0.25, -0.2) is 4.39 Å². The van der Waals surface area contributed by atoms with Crippen molar-refractivity contribution >= 4 is 17.4 Å². The van der Waals surface area contributed by atoms with E-state index >= 15 is 0 Å². The summed E-state index contributed by atoms with van der Waals surface area (Å²) in [6.45, 7) is 2.07. The van der Waals surface area contributed by atoms with Crippen molar-refractivity contribution in [3.8, 4) is 5.88 Å². The number of aromatic nitrogens is 1. The van der Waals surface area contributed by atoms with Gasteiger partial charge < -0.3 is 15.4 Å². The van der Waals surface area contributed by atoms with Gasteiger partial charge in [0.1, 0.15) is 18.2 Å². The Bertz CT molecular complexity index is 647. The lowest BCUT2D eigenvalue weighted by Gasteiger charge is -2.13. The largest absolute Gasteiger partial charge is 0.473 e. The van der Waals surface area contributed by atoms with E-state index in [-0.39, 0.29) is 12.4 Å². The van der Waals surface area contributed by atoms with Gasteiger partial charge in [0.2, 0.25) is 5.88 Å². The van der Waals surface area contributed by atoms with Crippen LogP contribution in [0.3, 0.4) is 0 Å². The molecule has 1 aliphatic heterocycles. The first kappa shape index (κ1) is 15.1. The lowest BCUT2D eigenvalue weighted by molar-refractivity contribution is 0.288. The van der Waals surface area contributed by atoms with Crippen LogP contribution in [0.25, 0.3) is 0 Å². The fraction of sp³-hybridized carbons (Fsp3) is 0.312. The molecule has 1 aliphatic rings. The van der Waals surface area contributed by atoms with E-state index in [2.05, 4.69) is 15.6 Å². The van der Waals surface area contributed by atoms with Crippen molar-refractivity contribution in [2.45, 2.75) is 19.1 Å². The van der Waals surface area contributed by atoms with E-state index in [1.807, 2.05) is 12.1 Å². The lowest BCUT2D eigenvalue weighted by atomic mass is 10.2. The predicted octanol–water partition coefficient (Wildman–Crippen LogP) is 3.23. The lowest BCUT2D eigenvalue weighted by Crippen LogP contribution is -2.22. The first-order valence-electron chi connectivity index (χ1n) is 7.22. The second-order valence-corrected chi connectivity index (χ2v) is 5.66. The van der Waals surface area contributed by atoms with Crippen LogP contribution in [-0.4, -0.2) is 24.1 Å². The highest BCUT2D eigenvalue weighted by Gasteiger charge is 2.14. The number of benzene rings is 1. The third kappa shape index (κ3) is 3.87. The fourth-order valence-electron chi connectivity index (χ4n) is 2.35. The van der Waals surface area contributed by atoms with Gasteiger partial charge in [0.15, 0.2) is 0 Å². The SMILES string of the molecule is Fc1cc(Cl)ccc1COc1cccc(N[C@@H]2CCNC2)n1. The Kier molecular flexibility index (Phi) is 4.75. The molecule has 116 valence electrons. The van der Waals surface area contributed by atoms with Crippen molar-refractivity contribution in [2.75, 3.05) is 18.4 Å². The maximum atomic E-state index is 13.7. The molecular weight excluding hydrogens is 305 g/mol. The molecule has 0 amide bonds. The van der Waals surface area contributed by atoms with Crippen LogP contribution in [0.2, 0.25) is 5.02 Å². The first-order chi connectivity index (χ1) is 10.7. The van der Waals surface area contributed by atoms with Gasteiger partial charge in [-0.15, -0.1) is 0 Å². The molecule has 2 N–H and O–H groups in total. The minimum atomic E-state index is -0.376. The molecule has 0 spiro atoms. The number of nitrogens with one attached hydrogen (secondary N) is 2. The molecular formula is C16H17ClFN3O. The molecule has 0 unspecified atom stereocenters. The van der Waals surface area contributed by atoms with E-state index < -0.39 is 0 Å². The molecule has 2 heterocycles. The topological polar surface area (TPSA) is 46.2 Å². The van der Waals surface area contributed by atoms with Crippen LogP contribution in [0.1, 0.15) is 12.0 Å². The number of pyridine rings is 1. The molecule has 0 radical (unpaired) electrons. The average Bonchev–Trinajstić information content (AvgIpc) is 3.00. The Morgan fingerprint density at radius 3 is 3.05 bits per heavy atom. The maximum Gasteiger partial charge on any atom is 0.215 e. The van der Waals surface area contributed by atoms with Gasteiger partial charge in [0.05, 0.1) is 0 Å². The minimum absolute atomic E-state index is 0.116. The number of anilines is 1. The van der Waals surface area contributed by atoms with Crippen LogP contribution in [0.4, 0.5) is 10.2 Å². The summed E-state index contributed by atoms with van der Waals surface area (Å²) >= 11 is 5.73. The van der Waals surface area contributed by atoms with Gasteiger partial charge >= 0.3 is 0 Å². The highest BCUT2D eigenvalue weighted by Crippen LogP contribution is 2.18. The summed E-state index contributed by atoms with van der Waals surface area (Å²) in [6.07, 6.45) is 1.07. The highest BCUT2D eigenvalue weighted by molar-refractivity contribution is 6.30. The number of hydrogen-bond donors (Lipinski definition) is 2. The van der Waals surface area contributed by atoms with Crippen molar-refractivity contribution in [1.82, 2.24) is 10.3 Å². The smallest absolute Gasteiger partial charge is 0.215 e. The Balaban J connectivity index is 1.62. The zero-order chi connectivity index (χ0) is 15.4. The van der Waals surface area contributed by atoms with E-state index in [9.17, 15) is 4.39 Å². The molecule has 0 aliphatic carbocycles. The molecule has 1 saturated heterocycles. The van der Waals surface area contributed by atoms with Crippen LogP contribution < -0.4 is 15.4 Å². The zero-order valence-corrected chi connectivity index (χ0v) is 12.7. The Morgan fingerprint density at radius 2 is 2.27 bits per heavy atom. The predicted molar refractivity (Wildman–Crippen MR) is 84.9 cm³/mol. The third-order valence-electron chi connectivity index (χ3n) is 3.53. The molecule has 1 aromatic heterocycles. The number of halogens is 2. The molecule has 1 atom stereocenters. The van der Waals surface area contributed by atoms with Gasteiger partial charge in [0, 0.05) is 29.2 Å². The third-order valence-corrected chi connectivity index (χ3v) is 3.76. The van der Waals surface area contributed by atoms with Gasteiger partial charge in [-0.1, -0.05) is 23.7 Å². The average molecular weight is 322 g/mol. The molecule has 1 aromatic carbocycles. The van der Waals surface area contributed by atoms with E-state index in [1.165, 1.54) is 6.07 Å².